The minimum Gasteiger partial charge on any atom is -0.381 e. The molecule has 1 aliphatic heterocycles. The van der Waals surface area contributed by atoms with E-state index in [1.165, 1.54) is 0 Å². The van der Waals surface area contributed by atoms with E-state index in [1.807, 2.05) is 13.0 Å². The van der Waals surface area contributed by atoms with Crippen LogP contribution in [0, 0.1) is 6.92 Å². The second-order valence-electron chi connectivity index (χ2n) is 4.32. The summed E-state index contributed by atoms with van der Waals surface area (Å²) in [5.41, 5.74) is 2.08. The van der Waals surface area contributed by atoms with Gasteiger partial charge in [0.2, 0.25) is 0 Å². The number of aryl methyl sites for hydroxylation is 1. The molecule has 16 heavy (non-hydrogen) atoms. The fourth-order valence-electron chi connectivity index (χ4n) is 1.90. The Morgan fingerprint density at radius 3 is 2.62 bits per heavy atom. The number of sulfone groups is 1. The van der Waals surface area contributed by atoms with Crippen molar-refractivity contribution < 1.29 is 8.42 Å². The first-order chi connectivity index (χ1) is 7.55. The van der Waals surface area contributed by atoms with Crippen LogP contribution in [0.2, 0.25) is 0 Å². The van der Waals surface area contributed by atoms with Crippen molar-refractivity contribution in [2.75, 3.05) is 16.8 Å². The van der Waals surface area contributed by atoms with Gasteiger partial charge in [0.05, 0.1) is 17.2 Å². The zero-order chi connectivity index (χ0) is 11.6. The van der Waals surface area contributed by atoms with Crippen LogP contribution in [0.1, 0.15) is 18.4 Å². The topological polar surface area (TPSA) is 59.1 Å². The molecule has 0 bridgehead atoms. The molecular formula is C11H16N2O2S. The minimum atomic E-state index is -2.77. The number of aromatic nitrogens is 1. The molecule has 0 aliphatic carbocycles. The fraction of sp³-hybridized carbons (Fsp3) is 0.545. The first-order valence-electron chi connectivity index (χ1n) is 5.44. The second-order valence-corrected chi connectivity index (χ2v) is 6.63. The number of rotatable bonds is 2. The van der Waals surface area contributed by atoms with Gasteiger partial charge >= 0.3 is 0 Å². The van der Waals surface area contributed by atoms with Gasteiger partial charge in [-0.25, -0.2) is 8.42 Å². The van der Waals surface area contributed by atoms with Crippen LogP contribution in [0.3, 0.4) is 0 Å². The number of anilines is 1. The zero-order valence-electron chi connectivity index (χ0n) is 9.31. The summed E-state index contributed by atoms with van der Waals surface area (Å²) in [6.07, 6.45) is 4.96. The Kier molecular flexibility index (Phi) is 3.14. The summed E-state index contributed by atoms with van der Waals surface area (Å²) in [5, 5.41) is 3.33. The first kappa shape index (κ1) is 11.4. The molecule has 0 amide bonds. The largest absolute Gasteiger partial charge is 0.381 e. The van der Waals surface area contributed by atoms with Gasteiger partial charge in [0.25, 0.3) is 0 Å². The van der Waals surface area contributed by atoms with Crippen molar-refractivity contribution in [1.29, 1.82) is 0 Å². The van der Waals surface area contributed by atoms with Crippen molar-refractivity contribution in [3.63, 3.8) is 0 Å². The van der Waals surface area contributed by atoms with Crippen LogP contribution in [0.25, 0.3) is 0 Å². The molecule has 1 fully saturated rings. The normalized spacial score (nSPS) is 20.6. The molecule has 0 aromatic carbocycles. The predicted octanol–water partition coefficient (Wildman–Crippen LogP) is 1.38. The monoisotopic (exact) mass is 240 g/mol. The van der Waals surface area contributed by atoms with Gasteiger partial charge in [-0.1, -0.05) is 0 Å². The van der Waals surface area contributed by atoms with E-state index in [-0.39, 0.29) is 6.04 Å². The van der Waals surface area contributed by atoms with Gasteiger partial charge < -0.3 is 5.32 Å². The zero-order valence-corrected chi connectivity index (χ0v) is 10.1. The lowest BCUT2D eigenvalue weighted by Gasteiger charge is -2.23. The van der Waals surface area contributed by atoms with Crippen LogP contribution in [0.5, 0.6) is 0 Å². The van der Waals surface area contributed by atoms with Crippen molar-refractivity contribution >= 4 is 15.5 Å². The Morgan fingerprint density at radius 2 is 2.00 bits per heavy atom. The van der Waals surface area contributed by atoms with Gasteiger partial charge in [-0.05, 0) is 31.4 Å². The van der Waals surface area contributed by atoms with Crippen LogP contribution in [0.15, 0.2) is 18.5 Å². The fourth-order valence-corrected chi connectivity index (χ4v) is 3.40. The summed E-state index contributed by atoms with van der Waals surface area (Å²) in [4.78, 5) is 4.10. The summed E-state index contributed by atoms with van der Waals surface area (Å²) in [6, 6.07) is 2.28. The number of hydrogen-bond donors (Lipinski definition) is 1. The molecule has 0 saturated carbocycles. The van der Waals surface area contributed by atoms with Gasteiger partial charge in [0.1, 0.15) is 9.84 Å². The number of nitrogens with one attached hydrogen (secondary N) is 1. The number of pyridine rings is 1. The van der Waals surface area contributed by atoms with E-state index in [0.717, 1.165) is 11.3 Å². The Balaban J connectivity index is 1.97. The van der Waals surface area contributed by atoms with Crippen molar-refractivity contribution in [2.45, 2.75) is 25.8 Å². The molecule has 0 unspecified atom stereocenters. The Bertz CT molecular complexity index is 457. The molecule has 0 spiro atoms. The highest BCUT2D eigenvalue weighted by Crippen LogP contribution is 2.17. The molecule has 1 saturated heterocycles. The molecule has 2 heterocycles. The van der Waals surface area contributed by atoms with Gasteiger partial charge in [0.15, 0.2) is 0 Å². The van der Waals surface area contributed by atoms with E-state index in [0.29, 0.717) is 24.3 Å². The highest BCUT2D eigenvalue weighted by Gasteiger charge is 2.23. The quantitative estimate of drug-likeness (QED) is 0.848. The molecule has 1 aliphatic rings. The van der Waals surface area contributed by atoms with Crippen molar-refractivity contribution in [2.24, 2.45) is 0 Å². The van der Waals surface area contributed by atoms with Crippen molar-refractivity contribution in [3.8, 4) is 0 Å². The third-order valence-corrected chi connectivity index (χ3v) is 4.52. The van der Waals surface area contributed by atoms with E-state index in [2.05, 4.69) is 10.3 Å². The Hall–Kier alpha value is -1.10. The van der Waals surface area contributed by atoms with Crippen LogP contribution in [-0.2, 0) is 9.84 Å². The number of nitrogens with zero attached hydrogens (tertiary/aromatic N) is 1. The third-order valence-electron chi connectivity index (χ3n) is 2.80. The van der Waals surface area contributed by atoms with E-state index in [9.17, 15) is 8.42 Å². The Morgan fingerprint density at radius 1 is 1.31 bits per heavy atom. The lowest BCUT2D eigenvalue weighted by molar-refractivity contribution is 0.559. The highest BCUT2D eigenvalue weighted by molar-refractivity contribution is 7.91. The van der Waals surface area contributed by atoms with E-state index < -0.39 is 9.84 Å². The average Bonchev–Trinajstić information content (AvgIpc) is 2.21. The summed E-state index contributed by atoms with van der Waals surface area (Å²) in [5.74, 6) is 0.591. The van der Waals surface area contributed by atoms with E-state index in [1.54, 1.807) is 12.4 Å². The standard InChI is InChI=1S/C11H16N2O2S/c1-9-6-11(8-12-7-9)13-10-2-4-16(14,15)5-3-10/h6-8,10,13H,2-5H2,1H3. The molecule has 1 N–H and O–H groups in total. The van der Waals surface area contributed by atoms with E-state index in [4.69, 9.17) is 0 Å². The maximum atomic E-state index is 11.3. The molecule has 0 atom stereocenters. The van der Waals surface area contributed by atoms with Gasteiger partial charge in [-0.2, -0.15) is 0 Å². The summed E-state index contributed by atoms with van der Waals surface area (Å²) < 4.78 is 22.5. The molecule has 4 nitrogen and oxygen atoms in total. The average molecular weight is 240 g/mol. The van der Waals surface area contributed by atoms with Crippen molar-refractivity contribution in [1.82, 2.24) is 4.98 Å². The molecule has 2 rings (SSSR count). The van der Waals surface area contributed by atoms with Crippen LogP contribution in [-0.4, -0.2) is 30.9 Å². The molecule has 1 aromatic heterocycles. The van der Waals surface area contributed by atoms with Crippen LogP contribution < -0.4 is 5.32 Å². The second kappa shape index (κ2) is 4.41. The minimum absolute atomic E-state index is 0.257. The van der Waals surface area contributed by atoms with Crippen LogP contribution in [0.4, 0.5) is 5.69 Å². The molecule has 1 aromatic rings. The number of hydrogen-bond acceptors (Lipinski definition) is 4. The summed E-state index contributed by atoms with van der Waals surface area (Å²) in [7, 11) is -2.77. The molecule has 88 valence electrons. The lowest BCUT2D eigenvalue weighted by atomic mass is 10.1. The van der Waals surface area contributed by atoms with Gasteiger partial charge in [-0.3, -0.25) is 4.98 Å². The molecular weight excluding hydrogens is 224 g/mol. The SMILES string of the molecule is Cc1cncc(NC2CCS(=O)(=O)CC2)c1. The first-order valence-corrected chi connectivity index (χ1v) is 7.26. The molecule has 0 radical (unpaired) electrons. The summed E-state index contributed by atoms with van der Waals surface area (Å²) in [6.45, 7) is 1.99. The van der Waals surface area contributed by atoms with Gasteiger partial charge in [0, 0.05) is 18.4 Å². The molecule has 5 heteroatoms. The van der Waals surface area contributed by atoms with Crippen molar-refractivity contribution in [3.05, 3.63) is 24.0 Å². The smallest absolute Gasteiger partial charge is 0.150 e. The van der Waals surface area contributed by atoms with E-state index >= 15 is 0 Å². The van der Waals surface area contributed by atoms with Crippen LogP contribution >= 0.6 is 0 Å². The highest BCUT2D eigenvalue weighted by atomic mass is 32.2. The van der Waals surface area contributed by atoms with Gasteiger partial charge in [-0.15, -0.1) is 0 Å². The predicted molar refractivity (Wildman–Crippen MR) is 64.3 cm³/mol. The lowest BCUT2D eigenvalue weighted by Crippen LogP contribution is -2.32. The summed E-state index contributed by atoms with van der Waals surface area (Å²) >= 11 is 0. The maximum Gasteiger partial charge on any atom is 0.150 e. The maximum absolute atomic E-state index is 11.3. The Labute approximate surface area is 96.0 Å². The third kappa shape index (κ3) is 2.95.